The number of fused-ring (bicyclic) bond motifs is 1. The standard InChI is InChI=1S/C21H23N5S.C2HF3O2/c1-2-16-14-26(21-23-10-13-27-21)15-19(16)20(3-1)24-17-6-11-25(12-7-17)18-4-8-22-9-5-18;3-2(4,5)1(6)7/h1-5,8-10,13,17,24H,6-7,11-12,14-15H2;(H,6,7). The van der Waals surface area contributed by atoms with E-state index < -0.39 is 12.1 Å². The van der Waals surface area contributed by atoms with Crippen molar-refractivity contribution in [2.45, 2.75) is 38.1 Å². The first-order valence-corrected chi connectivity index (χ1v) is 11.7. The van der Waals surface area contributed by atoms with Crippen molar-refractivity contribution in [3.05, 3.63) is 65.4 Å². The van der Waals surface area contributed by atoms with Crippen LogP contribution in [0, 0.1) is 0 Å². The van der Waals surface area contributed by atoms with Crippen LogP contribution in [-0.4, -0.2) is 46.4 Å². The summed E-state index contributed by atoms with van der Waals surface area (Å²) in [7, 11) is 0. The van der Waals surface area contributed by atoms with Gasteiger partial charge in [0.25, 0.3) is 0 Å². The van der Waals surface area contributed by atoms with Gasteiger partial charge in [-0.1, -0.05) is 12.1 Å². The van der Waals surface area contributed by atoms with Crippen molar-refractivity contribution in [3.8, 4) is 0 Å². The molecular weight excluding hydrogens is 467 g/mol. The molecule has 0 amide bonds. The number of alkyl halides is 3. The van der Waals surface area contributed by atoms with Crippen LogP contribution in [0.15, 0.2) is 54.3 Å². The van der Waals surface area contributed by atoms with Crippen molar-refractivity contribution in [3.63, 3.8) is 0 Å². The minimum absolute atomic E-state index is 0.531. The molecule has 0 spiro atoms. The highest BCUT2D eigenvalue weighted by atomic mass is 32.1. The topological polar surface area (TPSA) is 81.6 Å². The first-order valence-electron chi connectivity index (χ1n) is 10.8. The SMILES string of the molecule is O=C(O)C(F)(F)F.c1cc2c(c(NC3CCN(c4ccncc4)CC3)c1)CN(c1nccs1)C2. The predicted octanol–water partition coefficient (Wildman–Crippen LogP) is 4.77. The molecule has 0 bridgehead atoms. The Hall–Kier alpha value is -3.34. The zero-order valence-corrected chi connectivity index (χ0v) is 19.0. The minimum atomic E-state index is -5.08. The molecule has 1 saturated heterocycles. The molecule has 11 heteroatoms. The molecule has 180 valence electrons. The molecule has 2 aliphatic rings. The Balaban J connectivity index is 0.000000344. The maximum absolute atomic E-state index is 10.6. The van der Waals surface area contributed by atoms with Crippen molar-refractivity contribution < 1.29 is 23.1 Å². The summed E-state index contributed by atoms with van der Waals surface area (Å²) in [4.78, 5) is 22.3. The second kappa shape index (κ2) is 10.3. The predicted molar refractivity (Wildman–Crippen MR) is 125 cm³/mol. The van der Waals surface area contributed by atoms with Crippen LogP contribution in [-0.2, 0) is 17.9 Å². The summed E-state index contributed by atoms with van der Waals surface area (Å²) in [6.45, 7) is 4.07. The zero-order chi connectivity index (χ0) is 24.1. The van der Waals surface area contributed by atoms with Gasteiger partial charge in [-0.05, 0) is 42.2 Å². The quantitative estimate of drug-likeness (QED) is 0.544. The summed E-state index contributed by atoms with van der Waals surface area (Å²) in [6, 6.07) is 11.4. The molecule has 34 heavy (non-hydrogen) atoms. The highest BCUT2D eigenvalue weighted by molar-refractivity contribution is 7.13. The van der Waals surface area contributed by atoms with Crippen molar-refractivity contribution in [1.82, 2.24) is 9.97 Å². The van der Waals surface area contributed by atoms with Gasteiger partial charge in [0.05, 0.1) is 0 Å². The smallest absolute Gasteiger partial charge is 0.475 e. The summed E-state index contributed by atoms with van der Waals surface area (Å²) >= 11 is 1.71. The van der Waals surface area contributed by atoms with Crippen LogP contribution in [0.5, 0.6) is 0 Å². The van der Waals surface area contributed by atoms with E-state index in [0.29, 0.717) is 6.04 Å². The summed E-state index contributed by atoms with van der Waals surface area (Å²) in [5, 5.41) is 14.1. The molecule has 0 aliphatic carbocycles. The van der Waals surface area contributed by atoms with Crippen LogP contribution in [0.3, 0.4) is 0 Å². The highest BCUT2D eigenvalue weighted by Crippen LogP contribution is 2.34. The fraction of sp³-hybridized carbons (Fsp3) is 0.348. The molecule has 3 aromatic rings. The third kappa shape index (κ3) is 5.77. The fourth-order valence-corrected chi connectivity index (χ4v) is 4.76. The van der Waals surface area contributed by atoms with Gasteiger partial charge < -0.3 is 20.2 Å². The Morgan fingerprint density at radius 2 is 1.76 bits per heavy atom. The molecule has 0 unspecified atom stereocenters. The number of hydrogen-bond acceptors (Lipinski definition) is 7. The van der Waals surface area contributed by atoms with Gasteiger partial charge in [0.1, 0.15) is 0 Å². The van der Waals surface area contributed by atoms with Crippen LogP contribution in [0.2, 0.25) is 0 Å². The van der Waals surface area contributed by atoms with E-state index in [0.717, 1.165) is 44.2 Å². The van der Waals surface area contributed by atoms with Crippen LogP contribution >= 0.6 is 11.3 Å². The van der Waals surface area contributed by atoms with Gasteiger partial charge in [-0.25, -0.2) is 9.78 Å². The lowest BCUT2D eigenvalue weighted by molar-refractivity contribution is -0.192. The lowest BCUT2D eigenvalue weighted by Crippen LogP contribution is -2.39. The Morgan fingerprint density at radius 1 is 1.06 bits per heavy atom. The van der Waals surface area contributed by atoms with Crippen LogP contribution in [0.1, 0.15) is 24.0 Å². The first kappa shape index (κ1) is 23.8. The second-order valence-corrected chi connectivity index (χ2v) is 8.90. The van der Waals surface area contributed by atoms with Gasteiger partial charge in [0.2, 0.25) is 0 Å². The molecule has 0 radical (unpaired) electrons. The summed E-state index contributed by atoms with van der Waals surface area (Å²) in [5.41, 5.74) is 5.44. The second-order valence-electron chi connectivity index (χ2n) is 8.03. The van der Waals surface area contributed by atoms with E-state index in [1.165, 1.54) is 22.5 Å². The number of halogens is 3. The molecule has 0 saturated carbocycles. The first-order chi connectivity index (χ1) is 16.3. The normalized spacial score (nSPS) is 16.0. The van der Waals surface area contributed by atoms with Gasteiger partial charge >= 0.3 is 12.1 Å². The van der Waals surface area contributed by atoms with Crippen LogP contribution in [0.25, 0.3) is 0 Å². The number of anilines is 3. The third-order valence-electron chi connectivity index (χ3n) is 5.80. The van der Waals surface area contributed by atoms with E-state index in [2.05, 4.69) is 55.4 Å². The number of carboxylic acid groups (broad SMARTS) is 1. The number of nitrogens with one attached hydrogen (secondary N) is 1. The number of aliphatic carboxylic acids is 1. The van der Waals surface area contributed by atoms with Crippen molar-refractivity contribution in [2.24, 2.45) is 0 Å². The van der Waals surface area contributed by atoms with E-state index in [9.17, 15) is 13.2 Å². The van der Waals surface area contributed by atoms with Gasteiger partial charge in [-0.15, -0.1) is 11.3 Å². The molecule has 1 fully saturated rings. The number of pyridine rings is 1. The number of carbonyl (C=O) groups is 1. The van der Waals surface area contributed by atoms with Gasteiger partial charge in [0, 0.05) is 67.6 Å². The number of rotatable bonds is 4. The van der Waals surface area contributed by atoms with E-state index in [4.69, 9.17) is 9.90 Å². The lowest BCUT2D eigenvalue weighted by atomic mass is 10.0. The van der Waals surface area contributed by atoms with Gasteiger partial charge in [-0.2, -0.15) is 13.2 Å². The monoisotopic (exact) mass is 491 g/mol. The number of aromatic nitrogens is 2. The van der Waals surface area contributed by atoms with Crippen LogP contribution < -0.4 is 15.1 Å². The third-order valence-corrected chi connectivity index (χ3v) is 6.63. The van der Waals surface area contributed by atoms with Crippen molar-refractivity contribution >= 4 is 33.8 Å². The highest BCUT2D eigenvalue weighted by Gasteiger charge is 2.38. The lowest BCUT2D eigenvalue weighted by Gasteiger charge is -2.34. The fourth-order valence-electron chi connectivity index (χ4n) is 4.12. The Bertz CT molecular complexity index is 1090. The molecule has 5 rings (SSSR count). The summed E-state index contributed by atoms with van der Waals surface area (Å²) in [5.74, 6) is -2.76. The molecule has 2 aromatic heterocycles. The van der Waals surface area contributed by atoms with E-state index in [1.807, 2.05) is 24.0 Å². The van der Waals surface area contributed by atoms with Crippen molar-refractivity contribution in [2.75, 3.05) is 28.2 Å². The summed E-state index contributed by atoms with van der Waals surface area (Å²) in [6.07, 6.45) is 2.87. The molecule has 2 aliphatic heterocycles. The summed E-state index contributed by atoms with van der Waals surface area (Å²) < 4.78 is 31.7. The van der Waals surface area contributed by atoms with E-state index in [-0.39, 0.29) is 0 Å². The molecule has 2 N–H and O–H groups in total. The zero-order valence-electron chi connectivity index (χ0n) is 18.2. The van der Waals surface area contributed by atoms with E-state index in [1.54, 1.807) is 11.3 Å². The van der Waals surface area contributed by atoms with E-state index >= 15 is 0 Å². The number of nitrogens with zero attached hydrogens (tertiary/aromatic N) is 4. The van der Waals surface area contributed by atoms with Crippen molar-refractivity contribution in [1.29, 1.82) is 0 Å². The number of piperidine rings is 1. The maximum Gasteiger partial charge on any atom is 0.490 e. The Kier molecular flexibility index (Phi) is 7.20. The van der Waals surface area contributed by atoms with Gasteiger partial charge in [0.15, 0.2) is 5.13 Å². The molecule has 4 heterocycles. The van der Waals surface area contributed by atoms with Crippen LogP contribution in [0.4, 0.5) is 29.7 Å². The molecule has 1 aromatic carbocycles. The molecule has 0 atom stereocenters. The molecule has 7 nitrogen and oxygen atoms in total. The largest absolute Gasteiger partial charge is 0.490 e. The van der Waals surface area contributed by atoms with Gasteiger partial charge in [-0.3, -0.25) is 4.98 Å². The maximum atomic E-state index is 10.6. The Labute approximate surface area is 198 Å². The average Bonchev–Trinajstić information content (AvgIpc) is 3.50. The Morgan fingerprint density at radius 3 is 2.38 bits per heavy atom. The minimum Gasteiger partial charge on any atom is -0.475 e. The number of carboxylic acids is 1. The average molecular weight is 492 g/mol. The number of benzene rings is 1. The molecular formula is C23H24F3N5O2S. The number of hydrogen-bond donors (Lipinski definition) is 2. The number of thiazole rings is 1.